The van der Waals surface area contributed by atoms with Gasteiger partial charge in [-0.25, -0.2) is 4.98 Å². The fourth-order valence-corrected chi connectivity index (χ4v) is 5.05. The summed E-state index contributed by atoms with van der Waals surface area (Å²) in [6.07, 6.45) is 1.30. The number of aromatic nitrogens is 1. The Morgan fingerprint density at radius 3 is 2.80 bits per heavy atom. The van der Waals surface area contributed by atoms with Crippen LogP contribution in [0.2, 0.25) is 0 Å². The number of carbonyl (C=O) groups is 2. The molecule has 1 aliphatic rings. The molecule has 0 bridgehead atoms. The van der Waals surface area contributed by atoms with Gasteiger partial charge in [-0.2, -0.15) is 0 Å². The van der Waals surface area contributed by atoms with Gasteiger partial charge in [0, 0.05) is 24.9 Å². The highest BCUT2D eigenvalue weighted by Crippen LogP contribution is 2.38. The van der Waals surface area contributed by atoms with Crippen molar-refractivity contribution in [2.24, 2.45) is 5.92 Å². The van der Waals surface area contributed by atoms with E-state index >= 15 is 0 Å². The molecule has 35 heavy (non-hydrogen) atoms. The van der Waals surface area contributed by atoms with Gasteiger partial charge in [-0.3, -0.25) is 9.59 Å². The Labute approximate surface area is 211 Å². The molecule has 4 rings (SSSR count). The molecule has 7 heteroatoms. The summed E-state index contributed by atoms with van der Waals surface area (Å²) in [5.41, 5.74) is 5.05. The van der Waals surface area contributed by atoms with Gasteiger partial charge in [0.1, 0.15) is 23.1 Å². The molecule has 0 unspecified atom stereocenters. The molecule has 0 saturated heterocycles. The van der Waals surface area contributed by atoms with E-state index in [0.29, 0.717) is 31.1 Å². The first-order valence-electron chi connectivity index (χ1n) is 12.2. The van der Waals surface area contributed by atoms with E-state index < -0.39 is 0 Å². The van der Waals surface area contributed by atoms with E-state index in [2.05, 4.69) is 61.4 Å². The highest BCUT2D eigenvalue weighted by molar-refractivity contribution is 7.09. The number of hydrogen-bond acceptors (Lipinski definition) is 5. The van der Waals surface area contributed by atoms with Gasteiger partial charge in [-0.05, 0) is 48.1 Å². The molecular weight excluding hydrogens is 458 g/mol. The third-order valence-electron chi connectivity index (χ3n) is 6.14. The van der Waals surface area contributed by atoms with E-state index in [0.717, 1.165) is 28.3 Å². The summed E-state index contributed by atoms with van der Waals surface area (Å²) in [6, 6.07) is 14.4. The number of aryl methyl sites for hydroxylation is 1. The molecule has 3 aromatic rings. The molecule has 0 aliphatic carbocycles. The number of thiazole rings is 1. The standard InChI is InChI=1S/C28H33N3O3S/c1-5-26(32)31-12-11-20-9-10-22(14-23(20)27(31)21-8-6-7-19(4)13-21)34-16-25-30-24(17-35-25)28(33)29-15-18(2)3/h6-10,13-14,17-18,27H,5,11-12,15-16H2,1-4H3,(H,29,33)/t27-/m0/s1. The Balaban J connectivity index is 1.54. The average molecular weight is 492 g/mol. The molecule has 2 aromatic carbocycles. The molecule has 1 N–H and O–H groups in total. The monoisotopic (exact) mass is 491 g/mol. The molecule has 6 nitrogen and oxygen atoms in total. The minimum absolute atomic E-state index is 0.134. The van der Waals surface area contributed by atoms with Gasteiger partial charge in [0.05, 0.1) is 6.04 Å². The van der Waals surface area contributed by atoms with Crippen molar-refractivity contribution in [3.8, 4) is 5.75 Å². The van der Waals surface area contributed by atoms with Crippen LogP contribution in [-0.2, 0) is 17.8 Å². The van der Waals surface area contributed by atoms with E-state index in [9.17, 15) is 9.59 Å². The Morgan fingerprint density at radius 2 is 2.06 bits per heavy atom. The molecule has 2 amide bonds. The van der Waals surface area contributed by atoms with Crippen LogP contribution in [0.25, 0.3) is 0 Å². The largest absolute Gasteiger partial charge is 0.486 e. The normalized spacial score (nSPS) is 15.1. The van der Waals surface area contributed by atoms with Crippen LogP contribution in [0.15, 0.2) is 47.8 Å². The van der Waals surface area contributed by atoms with Crippen molar-refractivity contribution < 1.29 is 14.3 Å². The Hall–Kier alpha value is -3.19. The van der Waals surface area contributed by atoms with Gasteiger partial charge < -0.3 is 15.0 Å². The minimum atomic E-state index is -0.156. The summed E-state index contributed by atoms with van der Waals surface area (Å²) in [5.74, 6) is 1.11. The first-order valence-corrected chi connectivity index (χ1v) is 13.1. The van der Waals surface area contributed by atoms with E-state index in [1.165, 1.54) is 22.5 Å². The lowest BCUT2D eigenvalue weighted by atomic mass is 9.87. The smallest absolute Gasteiger partial charge is 0.270 e. The molecule has 1 aromatic heterocycles. The predicted molar refractivity (Wildman–Crippen MR) is 139 cm³/mol. The van der Waals surface area contributed by atoms with E-state index in [1.54, 1.807) is 5.38 Å². The maximum absolute atomic E-state index is 12.8. The lowest BCUT2D eigenvalue weighted by Crippen LogP contribution is -2.40. The molecule has 0 spiro atoms. The topological polar surface area (TPSA) is 71.5 Å². The van der Waals surface area contributed by atoms with Crippen LogP contribution in [-0.4, -0.2) is 34.8 Å². The molecule has 0 saturated carbocycles. The SMILES string of the molecule is CCC(=O)N1CCc2ccc(OCc3nc(C(=O)NCC(C)C)cs3)cc2[C@@H]1c1cccc(C)c1. The third kappa shape index (κ3) is 5.90. The lowest BCUT2D eigenvalue weighted by Gasteiger charge is -2.38. The first kappa shape index (κ1) is 24.9. The van der Waals surface area contributed by atoms with Crippen molar-refractivity contribution in [3.63, 3.8) is 0 Å². The lowest BCUT2D eigenvalue weighted by molar-refractivity contribution is -0.132. The van der Waals surface area contributed by atoms with Gasteiger partial charge in [0.15, 0.2) is 0 Å². The fourth-order valence-electron chi connectivity index (χ4n) is 4.37. The summed E-state index contributed by atoms with van der Waals surface area (Å²) >= 11 is 1.42. The molecule has 0 fully saturated rings. The second-order valence-electron chi connectivity index (χ2n) is 9.39. The highest BCUT2D eigenvalue weighted by Gasteiger charge is 2.31. The van der Waals surface area contributed by atoms with Crippen molar-refractivity contribution in [1.82, 2.24) is 15.2 Å². The van der Waals surface area contributed by atoms with E-state index in [-0.39, 0.29) is 24.5 Å². The fraction of sp³-hybridized carbons (Fsp3) is 0.393. The van der Waals surface area contributed by atoms with Crippen LogP contribution in [0.3, 0.4) is 0 Å². The Bertz CT molecular complexity index is 1200. The number of nitrogens with zero attached hydrogens (tertiary/aromatic N) is 2. The predicted octanol–water partition coefficient (Wildman–Crippen LogP) is 5.30. The third-order valence-corrected chi connectivity index (χ3v) is 6.97. The number of nitrogens with one attached hydrogen (secondary N) is 1. The quantitative estimate of drug-likeness (QED) is 0.464. The first-order chi connectivity index (χ1) is 16.9. The summed E-state index contributed by atoms with van der Waals surface area (Å²) in [5, 5.41) is 5.41. The maximum atomic E-state index is 12.8. The summed E-state index contributed by atoms with van der Waals surface area (Å²) in [4.78, 5) is 31.5. The van der Waals surface area contributed by atoms with Crippen molar-refractivity contribution in [1.29, 1.82) is 0 Å². The van der Waals surface area contributed by atoms with Crippen LogP contribution in [0.5, 0.6) is 5.75 Å². The van der Waals surface area contributed by atoms with Crippen LogP contribution in [0.1, 0.15) is 71.0 Å². The van der Waals surface area contributed by atoms with Gasteiger partial charge in [0.2, 0.25) is 5.91 Å². The molecule has 1 aliphatic heterocycles. The van der Waals surface area contributed by atoms with Gasteiger partial charge in [0.25, 0.3) is 5.91 Å². The van der Waals surface area contributed by atoms with Gasteiger partial charge in [-0.1, -0.05) is 56.7 Å². The molecular formula is C28H33N3O3S. The van der Waals surface area contributed by atoms with Crippen LogP contribution in [0.4, 0.5) is 0 Å². The van der Waals surface area contributed by atoms with Gasteiger partial charge in [-0.15, -0.1) is 11.3 Å². The summed E-state index contributed by atoms with van der Waals surface area (Å²) < 4.78 is 6.09. The van der Waals surface area contributed by atoms with Crippen LogP contribution in [0, 0.1) is 12.8 Å². The van der Waals surface area contributed by atoms with Crippen molar-refractivity contribution >= 4 is 23.2 Å². The van der Waals surface area contributed by atoms with Crippen LogP contribution < -0.4 is 10.1 Å². The zero-order chi connectivity index (χ0) is 24.9. The van der Waals surface area contributed by atoms with Crippen molar-refractivity contribution in [2.75, 3.05) is 13.1 Å². The summed E-state index contributed by atoms with van der Waals surface area (Å²) in [6.45, 7) is 9.71. The average Bonchev–Trinajstić information content (AvgIpc) is 3.34. The van der Waals surface area contributed by atoms with Crippen LogP contribution >= 0.6 is 11.3 Å². The minimum Gasteiger partial charge on any atom is -0.486 e. The number of ether oxygens (including phenoxy) is 1. The molecule has 0 radical (unpaired) electrons. The number of amides is 2. The molecule has 184 valence electrons. The second-order valence-corrected chi connectivity index (χ2v) is 10.3. The maximum Gasteiger partial charge on any atom is 0.270 e. The van der Waals surface area contributed by atoms with E-state index in [4.69, 9.17) is 4.74 Å². The van der Waals surface area contributed by atoms with Crippen molar-refractivity contribution in [3.05, 3.63) is 80.8 Å². The number of carbonyl (C=O) groups excluding carboxylic acids is 2. The Morgan fingerprint density at radius 1 is 1.23 bits per heavy atom. The zero-order valence-electron chi connectivity index (χ0n) is 20.8. The number of fused-ring (bicyclic) bond motifs is 1. The number of hydrogen-bond donors (Lipinski definition) is 1. The molecule has 2 heterocycles. The number of benzene rings is 2. The van der Waals surface area contributed by atoms with E-state index in [1.807, 2.05) is 24.0 Å². The highest BCUT2D eigenvalue weighted by atomic mass is 32.1. The zero-order valence-corrected chi connectivity index (χ0v) is 21.7. The summed E-state index contributed by atoms with van der Waals surface area (Å²) in [7, 11) is 0. The van der Waals surface area contributed by atoms with Gasteiger partial charge >= 0.3 is 0 Å². The molecule has 1 atom stereocenters. The second kappa shape index (κ2) is 11.0. The Kier molecular flexibility index (Phi) is 7.86. The number of rotatable bonds is 8. The van der Waals surface area contributed by atoms with Crippen molar-refractivity contribution in [2.45, 2.75) is 53.2 Å².